The maximum Gasteiger partial charge on any atom is 0.253 e. The Labute approximate surface area is 161 Å². The molecule has 3 rings (SSSR count). The molecule has 6 heteroatoms. The third-order valence-corrected chi connectivity index (χ3v) is 7.01. The van der Waals surface area contributed by atoms with Gasteiger partial charge in [-0.1, -0.05) is 23.3 Å². The van der Waals surface area contributed by atoms with Crippen molar-refractivity contribution in [2.45, 2.75) is 32.6 Å². The molecule has 0 radical (unpaired) electrons. The fourth-order valence-electron chi connectivity index (χ4n) is 3.44. The van der Waals surface area contributed by atoms with Gasteiger partial charge in [0.15, 0.2) is 0 Å². The summed E-state index contributed by atoms with van der Waals surface area (Å²) >= 11 is 0. The molecule has 5 nitrogen and oxygen atoms in total. The number of aryl methyl sites for hydroxylation is 4. The average molecular weight is 387 g/mol. The minimum Gasteiger partial charge on any atom is -0.336 e. The molecule has 0 saturated carbocycles. The first-order valence-electron chi connectivity index (χ1n) is 9.13. The standard InChI is InChI=1S/C21H26N2O3S/c1-15-11-16(2)13-19(12-15)21(24)22-7-9-23(10-8-22)27(25,26)20-6-5-17(3)18(4)14-20/h5-6,11-14H,7-10H2,1-4H3. The molecule has 0 aromatic heterocycles. The molecule has 1 saturated heterocycles. The van der Waals surface area contributed by atoms with Gasteiger partial charge in [-0.15, -0.1) is 0 Å². The van der Waals surface area contributed by atoms with Crippen LogP contribution >= 0.6 is 0 Å². The van der Waals surface area contributed by atoms with Gasteiger partial charge in [-0.05, 0) is 63.1 Å². The SMILES string of the molecule is Cc1cc(C)cc(C(=O)N2CCN(S(=O)(=O)c3ccc(C)c(C)c3)CC2)c1. The van der Waals surface area contributed by atoms with Gasteiger partial charge >= 0.3 is 0 Å². The fourth-order valence-corrected chi connectivity index (χ4v) is 4.94. The average Bonchev–Trinajstić information content (AvgIpc) is 2.62. The minimum absolute atomic E-state index is 0.0370. The summed E-state index contributed by atoms with van der Waals surface area (Å²) in [6, 6.07) is 11.0. The highest BCUT2D eigenvalue weighted by Gasteiger charge is 2.30. The van der Waals surface area contributed by atoms with Crippen molar-refractivity contribution < 1.29 is 13.2 Å². The lowest BCUT2D eigenvalue weighted by Crippen LogP contribution is -2.50. The molecule has 1 heterocycles. The molecular weight excluding hydrogens is 360 g/mol. The van der Waals surface area contributed by atoms with E-state index < -0.39 is 10.0 Å². The van der Waals surface area contributed by atoms with Gasteiger partial charge in [0.1, 0.15) is 0 Å². The first-order chi connectivity index (χ1) is 12.7. The van der Waals surface area contributed by atoms with E-state index in [-0.39, 0.29) is 5.91 Å². The van der Waals surface area contributed by atoms with E-state index in [0.717, 1.165) is 22.3 Å². The highest BCUT2D eigenvalue weighted by Crippen LogP contribution is 2.21. The smallest absolute Gasteiger partial charge is 0.253 e. The predicted molar refractivity (Wildman–Crippen MR) is 106 cm³/mol. The number of hydrogen-bond donors (Lipinski definition) is 0. The van der Waals surface area contributed by atoms with Crippen LogP contribution in [-0.4, -0.2) is 49.7 Å². The van der Waals surface area contributed by atoms with Crippen LogP contribution in [0.25, 0.3) is 0 Å². The first-order valence-corrected chi connectivity index (χ1v) is 10.6. The van der Waals surface area contributed by atoms with Crippen molar-refractivity contribution in [3.63, 3.8) is 0 Å². The van der Waals surface area contributed by atoms with Crippen molar-refractivity contribution >= 4 is 15.9 Å². The number of amides is 1. The highest BCUT2D eigenvalue weighted by atomic mass is 32.2. The summed E-state index contributed by atoms with van der Waals surface area (Å²) in [5.41, 5.74) is 4.79. The number of carbonyl (C=O) groups is 1. The van der Waals surface area contributed by atoms with Crippen LogP contribution in [0.15, 0.2) is 41.3 Å². The monoisotopic (exact) mass is 386 g/mol. The van der Waals surface area contributed by atoms with Crippen molar-refractivity contribution in [2.24, 2.45) is 0 Å². The first kappa shape index (κ1) is 19.6. The summed E-state index contributed by atoms with van der Waals surface area (Å²) in [6.07, 6.45) is 0. The van der Waals surface area contributed by atoms with E-state index >= 15 is 0 Å². The minimum atomic E-state index is -3.53. The Hall–Kier alpha value is -2.18. The second-order valence-electron chi connectivity index (χ2n) is 7.32. The topological polar surface area (TPSA) is 57.7 Å². The van der Waals surface area contributed by atoms with Crippen molar-refractivity contribution in [2.75, 3.05) is 26.2 Å². The molecule has 0 unspecified atom stereocenters. The zero-order chi connectivity index (χ0) is 19.8. The second kappa shape index (κ2) is 7.44. The Balaban J connectivity index is 1.72. The Morgan fingerprint density at radius 1 is 0.815 bits per heavy atom. The molecule has 1 aliphatic rings. The molecule has 0 atom stereocenters. The molecule has 1 amide bonds. The highest BCUT2D eigenvalue weighted by molar-refractivity contribution is 7.89. The number of rotatable bonds is 3. The molecule has 144 valence electrons. The number of piperazine rings is 1. The van der Waals surface area contributed by atoms with E-state index in [0.29, 0.717) is 36.6 Å². The van der Waals surface area contributed by atoms with E-state index in [2.05, 4.69) is 0 Å². The molecule has 1 fully saturated rings. The van der Waals surface area contributed by atoms with Gasteiger partial charge in [0.25, 0.3) is 5.91 Å². The maximum absolute atomic E-state index is 12.9. The largest absolute Gasteiger partial charge is 0.336 e. The van der Waals surface area contributed by atoms with E-state index in [4.69, 9.17) is 0 Å². The van der Waals surface area contributed by atoms with Gasteiger partial charge in [-0.25, -0.2) is 8.42 Å². The Morgan fingerprint density at radius 3 is 1.96 bits per heavy atom. The summed E-state index contributed by atoms with van der Waals surface area (Å²) in [7, 11) is -3.53. The van der Waals surface area contributed by atoms with Crippen LogP contribution in [0.1, 0.15) is 32.6 Å². The van der Waals surface area contributed by atoms with E-state index in [9.17, 15) is 13.2 Å². The Kier molecular flexibility index (Phi) is 5.40. The van der Waals surface area contributed by atoms with E-state index in [1.807, 2.05) is 52.0 Å². The summed E-state index contributed by atoms with van der Waals surface area (Å²) in [5, 5.41) is 0. The van der Waals surface area contributed by atoms with Gasteiger partial charge in [0, 0.05) is 31.7 Å². The number of nitrogens with zero attached hydrogens (tertiary/aromatic N) is 2. The van der Waals surface area contributed by atoms with Crippen molar-refractivity contribution in [1.82, 2.24) is 9.21 Å². The normalized spacial score (nSPS) is 15.8. The molecule has 2 aromatic rings. The molecule has 1 aliphatic heterocycles. The van der Waals surface area contributed by atoms with Crippen LogP contribution in [-0.2, 0) is 10.0 Å². The van der Waals surface area contributed by atoms with Gasteiger partial charge in [0.05, 0.1) is 4.90 Å². The van der Waals surface area contributed by atoms with Gasteiger partial charge < -0.3 is 4.90 Å². The van der Waals surface area contributed by atoms with Crippen LogP contribution in [0.3, 0.4) is 0 Å². The van der Waals surface area contributed by atoms with E-state index in [1.54, 1.807) is 17.0 Å². The maximum atomic E-state index is 12.9. The van der Waals surface area contributed by atoms with Gasteiger partial charge in [0.2, 0.25) is 10.0 Å². The molecular formula is C21H26N2O3S. The zero-order valence-electron chi connectivity index (χ0n) is 16.3. The summed E-state index contributed by atoms with van der Waals surface area (Å²) in [6.45, 7) is 9.23. The fraction of sp³-hybridized carbons (Fsp3) is 0.381. The van der Waals surface area contributed by atoms with Crippen molar-refractivity contribution in [3.8, 4) is 0 Å². The quantitative estimate of drug-likeness (QED) is 0.815. The number of sulfonamides is 1. The summed E-state index contributed by atoms with van der Waals surface area (Å²) in [5.74, 6) is -0.0370. The molecule has 0 bridgehead atoms. The lowest BCUT2D eigenvalue weighted by atomic mass is 10.1. The number of carbonyl (C=O) groups excluding carboxylic acids is 1. The molecule has 2 aromatic carbocycles. The lowest BCUT2D eigenvalue weighted by Gasteiger charge is -2.34. The predicted octanol–water partition coefficient (Wildman–Crippen LogP) is 3.07. The van der Waals surface area contributed by atoms with Crippen molar-refractivity contribution in [3.05, 3.63) is 64.2 Å². The second-order valence-corrected chi connectivity index (χ2v) is 9.26. The van der Waals surface area contributed by atoms with Crippen LogP contribution in [0.5, 0.6) is 0 Å². The van der Waals surface area contributed by atoms with Gasteiger partial charge in [-0.3, -0.25) is 4.79 Å². The Morgan fingerprint density at radius 2 is 1.41 bits per heavy atom. The van der Waals surface area contributed by atoms with Crippen LogP contribution in [0, 0.1) is 27.7 Å². The molecule has 0 spiro atoms. The van der Waals surface area contributed by atoms with Gasteiger partial charge in [-0.2, -0.15) is 4.31 Å². The number of benzene rings is 2. The number of hydrogen-bond acceptors (Lipinski definition) is 3. The molecule has 27 heavy (non-hydrogen) atoms. The summed E-state index contributed by atoms with van der Waals surface area (Å²) in [4.78, 5) is 14.8. The van der Waals surface area contributed by atoms with Crippen LogP contribution in [0.2, 0.25) is 0 Å². The molecule has 0 N–H and O–H groups in total. The third-order valence-electron chi connectivity index (χ3n) is 5.11. The Bertz CT molecular complexity index is 955. The lowest BCUT2D eigenvalue weighted by molar-refractivity contribution is 0.0697. The van der Waals surface area contributed by atoms with Crippen LogP contribution < -0.4 is 0 Å². The summed E-state index contributed by atoms with van der Waals surface area (Å²) < 4.78 is 27.3. The van der Waals surface area contributed by atoms with E-state index in [1.165, 1.54) is 4.31 Å². The molecule has 0 aliphatic carbocycles. The zero-order valence-corrected chi connectivity index (χ0v) is 17.1. The third kappa shape index (κ3) is 4.06. The van der Waals surface area contributed by atoms with Crippen LogP contribution in [0.4, 0.5) is 0 Å². The van der Waals surface area contributed by atoms with Crippen molar-refractivity contribution in [1.29, 1.82) is 0 Å².